The van der Waals surface area contributed by atoms with Crippen LogP contribution in [0.5, 0.6) is 0 Å². The fourth-order valence-electron chi connectivity index (χ4n) is 2.98. The standard InChI is InChI=1S/C23H17N/c1-2-9-18(10-3-1)21-13-4-5-14-22(21)19-11-8-12-20(17-19)23-15-6-7-16-24-23/h1-17H. The van der Waals surface area contributed by atoms with Crippen molar-refractivity contribution in [2.75, 3.05) is 0 Å². The minimum Gasteiger partial charge on any atom is -0.256 e. The average Bonchev–Trinajstić information content (AvgIpc) is 2.69. The summed E-state index contributed by atoms with van der Waals surface area (Å²) in [7, 11) is 0. The molecule has 1 nitrogen and oxygen atoms in total. The summed E-state index contributed by atoms with van der Waals surface area (Å²) in [5.41, 5.74) is 7.05. The van der Waals surface area contributed by atoms with E-state index in [9.17, 15) is 0 Å². The fourth-order valence-corrected chi connectivity index (χ4v) is 2.98. The molecule has 1 heteroatoms. The molecule has 3 aromatic carbocycles. The summed E-state index contributed by atoms with van der Waals surface area (Å²) < 4.78 is 0. The van der Waals surface area contributed by atoms with Crippen LogP contribution in [-0.2, 0) is 0 Å². The summed E-state index contributed by atoms with van der Waals surface area (Å²) in [6.07, 6.45) is 1.83. The minimum absolute atomic E-state index is 0.997. The Morgan fingerprint density at radius 1 is 0.458 bits per heavy atom. The predicted molar refractivity (Wildman–Crippen MR) is 101 cm³/mol. The Morgan fingerprint density at radius 2 is 1.08 bits per heavy atom. The van der Waals surface area contributed by atoms with Crippen molar-refractivity contribution in [3.05, 3.63) is 103 Å². The second kappa shape index (κ2) is 6.51. The highest BCUT2D eigenvalue weighted by molar-refractivity contribution is 5.84. The van der Waals surface area contributed by atoms with Crippen LogP contribution < -0.4 is 0 Å². The fraction of sp³-hybridized carbons (Fsp3) is 0. The van der Waals surface area contributed by atoms with E-state index in [4.69, 9.17) is 0 Å². The van der Waals surface area contributed by atoms with Gasteiger partial charge in [0.15, 0.2) is 0 Å². The third kappa shape index (κ3) is 2.84. The lowest BCUT2D eigenvalue weighted by Gasteiger charge is -2.11. The molecule has 0 bridgehead atoms. The van der Waals surface area contributed by atoms with Crippen molar-refractivity contribution in [1.82, 2.24) is 4.98 Å². The molecule has 0 aliphatic heterocycles. The Labute approximate surface area is 142 Å². The molecule has 0 aliphatic rings. The number of aromatic nitrogens is 1. The number of hydrogen-bond acceptors (Lipinski definition) is 1. The zero-order chi connectivity index (χ0) is 16.2. The van der Waals surface area contributed by atoms with Gasteiger partial charge < -0.3 is 0 Å². The van der Waals surface area contributed by atoms with Gasteiger partial charge in [-0.1, -0.05) is 78.9 Å². The number of rotatable bonds is 3. The molecule has 0 spiro atoms. The number of benzene rings is 3. The van der Waals surface area contributed by atoms with Crippen LogP contribution in [-0.4, -0.2) is 4.98 Å². The Balaban J connectivity index is 1.84. The van der Waals surface area contributed by atoms with E-state index >= 15 is 0 Å². The van der Waals surface area contributed by atoms with E-state index in [1.807, 2.05) is 30.5 Å². The van der Waals surface area contributed by atoms with E-state index < -0.39 is 0 Å². The van der Waals surface area contributed by atoms with Crippen LogP contribution in [0.4, 0.5) is 0 Å². The highest BCUT2D eigenvalue weighted by atomic mass is 14.7. The van der Waals surface area contributed by atoms with E-state index in [-0.39, 0.29) is 0 Å². The summed E-state index contributed by atoms with van der Waals surface area (Å²) in [6, 6.07) is 33.6. The zero-order valence-corrected chi connectivity index (χ0v) is 13.3. The van der Waals surface area contributed by atoms with Gasteiger partial charge in [0.2, 0.25) is 0 Å². The number of nitrogens with zero attached hydrogens (tertiary/aromatic N) is 1. The summed E-state index contributed by atoms with van der Waals surface area (Å²) in [6.45, 7) is 0. The molecule has 0 N–H and O–H groups in total. The molecule has 0 amide bonds. The van der Waals surface area contributed by atoms with Gasteiger partial charge in [0.1, 0.15) is 0 Å². The molecule has 0 radical (unpaired) electrons. The van der Waals surface area contributed by atoms with Crippen molar-refractivity contribution in [2.45, 2.75) is 0 Å². The van der Waals surface area contributed by atoms with Crippen LogP contribution in [0.15, 0.2) is 103 Å². The van der Waals surface area contributed by atoms with Crippen LogP contribution in [0.1, 0.15) is 0 Å². The molecule has 114 valence electrons. The van der Waals surface area contributed by atoms with Gasteiger partial charge in [-0.15, -0.1) is 0 Å². The first-order chi connectivity index (χ1) is 11.9. The van der Waals surface area contributed by atoms with Crippen molar-refractivity contribution < 1.29 is 0 Å². The van der Waals surface area contributed by atoms with E-state index in [1.54, 1.807) is 0 Å². The smallest absolute Gasteiger partial charge is 0.0702 e. The van der Waals surface area contributed by atoms with Gasteiger partial charge in [0.05, 0.1) is 5.69 Å². The summed E-state index contributed by atoms with van der Waals surface area (Å²) >= 11 is 0. The van der Waals surface area contributed by atoms with Gasteiger partial charge in [-0.25, -0.2) is 0 Å². The molecule has 1 heterocycles. The van der Waals surface area contributed by atoms with Gasteiger partial charge in [0.25, 0.3) is 0 Å². The molecular formula is C23H17N. The lowest BCUT2D eigenvalue weighted by Crippen LogP contribution is -1.87. The lowest BCUT2D eigenvalue weighted by molar-refractivity contribution is 1.33. The van der Waals surface area contributed by atoms with Gasteiger partial charge >= 0.3 is 0 Å². The molecule has 0 saturated carbocycles. The first kappa shape index (κ1) is 14.4. The Kier molecular flexibility index (Phi) is 3.91. The molecule has 24 heavy (non-hydrogen) atoms. The topological polar surface area (TPSA) is 12.9 Å². The maximum absolute atomic E-state index is 4.46. The van der Waals surface area contributed by atoms with Crippen molar-refractivity contribution >= 4 is 0 Å². The second-order valence-electron chi connectivity index (χ2n) is 5.71. The van der Waals surface area contributed by atoms with Gasteiger partial charge in [0, 0.05) is 11.8 Å². The van der Waals surface area contributed by atoms with E-state index in [0.717, 1.165) is 11.3 Å². The molecule has 0 unspecified atom stereocenters. The summed E-state index contributed by atoms with van der Waals surface area (Å²) in [5, 5.41) is 0. The first-order valence-corrected chi connectivity index (χ1v) is 8.08. The largest absolute Gasteiger partial charge is 0.256 e. The summed E-state index contributed by atoms with van der Waals surface area (Å²) in [5.74, 6) is 0. The van der Waals surface area contributed by atoms with Gasteiger partial charge in [-0.2, -0.15) is 0 Å². The van der Waals surface area contributed by atoms with Crippen molar-refractivity contribution in [3.8, 4) is 33.5 Å². The maximum atomic E-state index is 4.46. The highest BCUT2D eigenvalue weighted by Crippen LogP contribution is 2.33. The van der Waals surface area contributed by atoms with E-state index in [2.05, 4.69) is 77.8 Å². The second-order valence-corrected chi connectivity index (χ2v) is 5.71. The Morgan fingerprint density at radius 3 is 1.83 bits per heavy atom. The molecule has 0 fully saturated rings. The highest BCUT2D eigenvalue weighted by Gasteiger charge is 2.08. The summed E-state index contributed by atoms with van der Waals surface area (Å²) in [4.78, 5) is 4.46. The monoisotopic (exact) mass is 307 g/mol. The Bertz CT molecular complexity index is 944. The van der Waals surface area contributed by atoms with Crippen LogP contribution in [0.3, 0.4) is 0 Å². The first-order valence-electron chi connectivity index (χ1n) is 8.08. The quantitative estimate of drug-likeness (QED) is 0.447. The number of pyridine rings is 1. The Hall–Kier alpha value is -3.19. The van der Waals surface area contributed by atoms with Crippen LogP contribution in [0, 0.1) is 0 Å². The number of hydrogen-bond donors (Lipinski definition) is 0. The predicted octanol–water partition coefficient (Wildman–Crippen LogP) is 6.08. The molecular weight excluding hydrogens is 290 g/mol. The molecule has 0 aliphatic carbocycles. The molecule has 4 rings (SSSR count). The molecule has 0 atom stereocenters. The van der Waals surface area contributed by atoms with Crippen molar-refractivity contribution in [3.63, 3.8) is 0 Å². The van der Waals surface area contributed by atoms with Crippen molar-refractivity contribution in [2.24, 2.45) is 0 Å². The normalized spacial score (nSPS) is 10.5. The molecule has 0 saturated heterocycles. The van der Waals surface area contributed by atoms with Gasteiger partial charge in [-0.3, -0.25) is 4.98 Å². The van der Waals surface area contributed by atoms with Crippen LogP contribution in [0.25, 0.3) is 33.5 Å². The van der Waals surface area contributed by atoms with Crippen LogP contribution >= 0.6 is 0 Å². The van der Waals surface area contributed by atoms with E-state index in [0.29, 0.717) is 0 Å². The molecule has 4 aromatic rings. The van der Waals surface area contributed by atoms with Crippen LogP contribution in [0.2, 0.25) is 0 Å². The minimum atomic E-state index is 0.997. The maximum Gasteiger partial charge on any atom is 0.0702 e. The van der Waals surface area contributed by atoms with Gasteiger partial charge in [-0.05, 0) is 40.5 Å². The molecule has 1 aromatic heterocycles. The van der Waals surface area contributed by atoms with Crippen molar-refractivity contribution in [1.29, 1.82) is 0 Å². The third-order valence-electron chi connectivity index (χ3n) is 4.15. The third-order valence-corrected chi connectivity index (χ3v) is 4.15. The average molecular weight is 307 g/mol. The zero-order valence-electron chi connectivity index (χ0n) is 13.3. The SMILES string of the molecule is c1ccc(-c2ccccc2-c2cccc(-c3ccccn3)c2)cc1. The lowest BCUT2D eigenvalue weighted by atomic mass is 9.93. The van der Waals surface area contributed by atoms with E-state index in [1.165, 1.54) is 22.3 Å².